The summed E-state index contributed by atoms with van der Waals surface area (Å²) >= 11 is 0. The Morgan fingerprint density at radius 1 is 1.32 bits per heavy atom. The molecule has 8 nitrogen and oxygen atoms in total. The summed E-state index contributed by atoms with van der Waals surface area (Å²) in [6, 6.07) is 5.66. The lowest BCUT2D eigenvalue weighted by molar-refractivity contribution is 0.234. The second-order valence-corrected chi connectivity index (χ2v) is 8.55. The van der Waals surface area contributed by atoms with Crippen LogP contribution in [0.3, 0.4) is 0 Å². The van der Waals surface area contributed by atoms with E-state index in [-0.39, 0.29) is 13.2 Å². The molecule has 0 unspecified atom stereocenters. The molecule has 0 radical (unpaired) electrons. The van der Waals surface area contributed by atoms with Gasteiger partial charge >= 0.3 is 0 Å². The van der Waals surface area contributed by atoms with Crippen LogP contribution in [0.25, 0.3) is 0 Å². The number of fused-ring (bicyclic) bond motifs is 1. The minimum absolute atomic E-state index is 0.0462. The Morgan fingerprint density at radius 2 is 2.08 bits per heavy atom. The van der Waals surface area contributed by atoms with Crippen LogP contribution in [-0.4, -0.2) is 52.4 Å². The molecule has 1 N–H and O–H groups in total. The monoisotopic (exact) mass is 368 g/mol. The molecule has 0 fully saturated rings. The standard InChI is InChI=1S/C16H24N4O4S/c1-18(25(2,22)23)10-15-4-5-16(24-15)11-19-6-3-7-20-14(9-19)8-13(12-21)17-20/h4-5,8,21H,3,6-7,9-12H2,1-2H3. The summed E-state index contributed by atoms with van der Waals surface area (Å²) in [6.07, 6.45) is 2.15. The lowest BCUT2D eigenvalue weighted by Crippen LogP contribution is -2.24. The van der Waals surface area contributed by atoms with E-state index < -0.39 is 10.0 Å². The molecular formula is C16H24N4O4S. The van der Waals surface area contributed by atoms with E-state index in [1.807, 2.05) is 22.9 Å². The zero-order chi connectivity index (χ0) is 18.0. The number of furan rings is 1. The number of aryl methyl sites for hydroxylation is 1. The summed E-state index contributed by atoms with van der Waals surface area (Å²) in [5.74, 6) is 1.44. The van der Waals surface area contributed by atoms with Crippen molar-refractivity contribution in [2.45, 2.75) is 39.2 Å². The molecular weight excluding hydrogens is 344 g/mol. The summed E-state index contributed by atoms with van der Waals surface area (Å²) in [6.45, 7) is 3.35. The van der Waals surface area contributed by atoms with E-state index in [9.17, 15) is 13.5 Å². The lowest BCUT2D eigenvalue weighted by Gasteiger charge is -2.18. The highest BCUT2D eigenvalue weighted by atomic mass is 32.2. The average Bonchev–Trinajstić information content (AvgIpc) is 3.09. The van der Waals surface area contributed by atoms with Crippen LogP contribution >= 0.6 is 0 Å². The molecule has 0 bridgehead atoms. The lowest BCUT2D eigenvalue weighted by atomic mass is 10.3. The molecule has 2 aromatic heterocycles. The van der Waals surface area contributed by atoms with Crippen LogP contribution in [0.5, 0.6) is 0 Å². The first-order valence-corrected chi connectivity index (χ1v) is 10.1. The molecule has 0 saturated heterocycles. The van der Waals surface area contributed by atoms with Gasteiger partial charge < -0.3 is 9.52 Å². The maximum Gasteiger partial charge on any atom is 0.211 e. The third-order valence-electron chi connectivity index (χ3n) is 4.35. The van der Waals surface area contributed by atoms with E-state index in [0.717, 1.165) is 37.5 Å². The first kappa shape index (κ1) is 18.1. The number of nitrogens with zero attached hydrogens (tertiary/aromatic N) is 4. The van der Waals surface area contributed by atoms with E-state index in [0.29, 0.717) is 18.0 Å². The summed E-state index contributed by atoms with van der Waals surface area (Å²) in [7, 11) is -1.69. The smallest absolute Gasteiger partial charge is 0.211 e. The molecule has 0 spiro atoms. The van der Waals surface area contributed by atoms with Crippen molar-refractivity contribution in [3.05, 3.63) is 41.1 Å². The summed E-state index contributed by atoms with van der Waals surface area (Å²) in [5.41, 5.74) is 1.78. The van der Waals surface area contributed by atoms with Gasteiger partial charge in [0.1, 0.15) is 11.5 Å². The molecule has 1 aliphatic rings. The Bertz CT molecular complexity index is 827. The Morgan fingerprint density at radius 3 is 2.80 bits per heavy atom. The number of aliphatic hydroxyl groups excluding tert-OH is 1. The van der Waals surface area contributed by atoms with E-state index >= 15 is 0 Å². The molecule has 9 heteroatoms. The number of hydrogen-bond acceptors (Lipinski definition) is 6. The van der Waals surface area contributed by atoms with Gasteiger partial charge in [-0.15, -0.1) is 0 Å². The third-order valence-corrected chi connectivity index (χ3v) is 5.61. The maximum atomic E-state index is 11.5. The van der Waals surface area contributed by atoms with E-state index in [1.165, 1.54) is 17.6 Å². The number of hydrogen-bond donors (Lipinski definition) is 1. The molecule has 0 aromatic carbocycles. The summed E-state index contributed by atoms with van der Waals surface area (Å²) in [5, 5.41) is 13.6. The quantitative estimate of drug-likeness (QED) is 0.810. The third kappa shape index (κ3) is 4.49. The van der Waals surface area contributed by atoms with Crippen LogP contribution in [0.1, 0.15) is 29.3 Å². The number of rotatable bonds is 6. The molecule has 3 rings (SSSR count). The average molecular weight is 368 g/mol. The van der Waals surface area contributed by atoms with Gasteiger partial charge in [0.2, 0.25) is 10.0 Å². The van der Waals surface area contributed by atoms with Gasteiger partial charge in [-0.25, -0.2) is 8.42 Å². The topological polar surface area (TPSA) is 91.8 Å². The van der Waals surface area contributed by atoms with Crippen LogP contribution in [0, 0.1) is 0 Å². The van der Waals surface area contributed by atoms with E-state index in [2.05, 4.69) is 10.00 Å². The number of sulfonamides is 1. The van der Waals surface area contributed by atoms with Crippen molar-refractivity contribution in [3.63, 3.8) is 0 Å². The zero-order valence-electron chi connectivity index (χ0n) is 14.6. The van der Waals surface area contributed by atoms with Crippen molar-refractivity contribution in [3.8, 4) is 0 Å². The molecule has 25 heavy (non-hydrogen) atoms. The van der Waals surface area contributed by atoms with Crippen molar-refractivity contribution >= 4 is 10.0 Å². The van der Waals surface area contributed by atoms with Crippen molar-refractivity contribution in [2.75, 3.05) is 19.8 Å². The van der Waals surface area contributed by atoms with Crippen molar-refractivity contribution in [1.82, 2.24) is 19.0 Å². The fourth-order valence-electron chi connectivity index (χ4n) is 2.95. The van der Waals surface area contributed by atoms with Crippen molar-refractivity contribution in [1.29, 1.82) is 0 Å². The predicted molar refractivity (Wildman–Crippen MR) is 91.9 cm³/mol. The van der Waals surface area contributed by atoms with Crippen LogP contribution in [-0.2, 0) is 42.8 Å². The first-order valence-electron chi connectivity index (χ1n) is 8.23. The Balaban J connectivity index is 1.64. The van der Waals surface area contributed by atoms with Crippen LogP contribution in [0.15, 0.2) is 22.6 Å². The van der Waals surface area contributed by atoms with Crippen molar-refractivity contribution < 1.29 is 17.9 Å². The van der Waals surface area contributed by atoms with Gasteiger partial charge in [0, 0.05) is 26.7 Å². The highest BCUT2D eigenvalue weighted by Crippen LogP contribution is 2.18. The van der Waals surface area contributed by atoms with Crippen LogP contribution in [0.2, 0.25) is 0 Å². The molecule has 0 saturated carbocycles. The summed E-state index contributed by atoms with van der Waals surface area (Å²) in [4.78, 5) is 2.27. The largest absolute Gasteiger partial charge is 0.463 e. The van der Waals surface area contributed by atoms with Gasteiger partial charge in [-0.05, 0) is 24.6 Å². The van der Waals surface area contributed by atoms with Gasteiger partial charge in [-0.2, -0.15) is 9.40 Å². The van der Waals surface area contributed by atoms with Gasteiger partial charge in [0.15, 0.2) is 0 Å². The minimum Gasteiger partial charge on any atom is -0.463 e. The van der Waals surface area contributed by atoms with Gasteiger partial charge in [0.25, 0.3) is 0 Å². The second kappa shape index (κ2) is 7.28. The predicted octanol–water partition coefficient (Wildman–Crippen LogP) is 0.766. The van der Waals surface area contributed by atoms with Crippen LogP contribution < -0.4 is 0 Å². The fourth-order valence-corrected chi connectivity index (χ4v) is 3.31. The molecule has 2 aromatic rings. The second-order valence-electron chi connectivity index (χ2n) is 6.46. The molecule has 138 valence electrons. The minimum atomic E-state index is -3.22. The van der Waals surface area contributed by atoms with Crippen molar-refractivity contribution in [2.24, 2.45) is 0 Å². The normalized spacial score (nSPS) is 16.2. The molecule has 3 heterocycles. The Hall–Kier alpha value is -1.68. The number of aliphatic hydroxyl groups is 1. The molecule has 0 aliphatic carbocycles. The van der Waals surface area contributed by atoms with E-state index in [1.54, 1.807) is 0 Å². The Kier molecular flexibility index (Phi) is 5.28. The maximum absolute atomic E-state index is 11.5. The fraction of sp³-hybridized carbons (Fsp3) is 0.562. The molecule has 0 amide bonds. The van der Waals surface area contributed by atoms with Gasteiger partial charge in [-0.3, -0.25) is 9.58 Å². The zero-order valence-corrected chi connectivity index (χ0v) is 15.4. The van der Waals surface area contributed by atoms with E-state index in [4.69, 9.17) is 4.42 Å². The number of aromatic nitrogens is 2. The first-order chi connectivity index (χ1) is 11.8. The highest BCUT2D eigenvalue weighted by Gasteiger charge is 2.19. The molecule has 1 aliphatic heterocycles. The summed E-state index contributed by atoms with van der Waals surface area (Å²) < 4.78 is 32.0. The van der Waals surface area contributed by atoms with Crippen LogP contribution in [0.4, 0.5) is 0 Å². The Labute approximate surface area is 147 Å². The van der Waals surface area contributed by atoms with Gasteiger partial charge in [-0.1, -0.05) is 0 Å². The van der Waals surface area contributed by atoms with Gasteiger partial charge in [0.05, 0.1) is 37.3 Å². The highest BCUT2D eigenvalue weighted by molar-refractivity contribution is 7.88. The molecule has 0 atom stereocenters. The SMILES string of the molecule is CN(Cc1ccc(CN2CCCn3nc(CO)cc3C2)o1)S(C)(=O)=O.